The van der Waals surface area contributed by atoms with Gasteiger partial charge in [0.15, 0.2) is 11.5 Å². The van der Waals surface area contributed by atoms with Crippen LogP contribution in [-0.4, -0.2) is 23.8 Å². The highest BCUT2D eigenvalue weighted by atomic mass is 79.9. The molecule has 0 fully saturated rings. The number of benzene rings is 4. The first-order chi connectivity index (χ1) is 19.9. The molecule has 0 radical (unpaired) electrons. The number of methoxy groups -OCH3 is 1. The van der Waals surface area contributed by atoms with Crippen molar-refractivity contribution in [3.8, 4) is 28.4 Å². The molecule has 1 amide bonds. The van der Waals surface area contributed by atoms with Crippen molar-refractivity contribution in [1.82, 2.24) is 9.99 Å². The molecule has 5 rings (SSSR count). The number of amides is 1. The number of aromatic nitrogens is 1. The van der Waals surface area contributed by atoms with Gasteiger partial charge in [-0.3, -0.25) is 4.79 Å². The van der Waals surface area contributed by atoms with Crippen LogP contribution in [0.4, 0.5) is 4.39 Å². The average Bonchev–Trinajstić information content (AvgIpc) is 3.38. The Morgan fingerprint density at radius 2 is 1.73 bits per heavy atom. The van der Waals surface area contributed by atoms with Gasteiger partial charge >= 0.3 is 0 Å². The third-order valence-corrected chi connectivity index (χ3v) is 7.16. The van der Waals surface area contributed by atoms with Crippen molar-refractivity contribution in [2.24, 2.45) is 5.10 Å². The van der Waals surface area contributed by atoms with E-state index in [1.807, 2.05) is 30.3 Å². The third-order valence-electron chi connectivity index (χ3n) is 6.47. The zero-order valence-electron chi connectivity index (χ0n) is 22.5. The third kappa shape index (κ3) is 6.56. The predicted octanol–water partition coefficient (Wildman–Crippen LogP) is 7.71. The number of aryl methyl sites for hydroxylation is 1. The van der Waals surface area contributed by atoms with Crippen molar-refractivity contribution in [2.75, 3.05) is 7.11 Å². The second-order valence-corrected chi connectivity index (χ2v) is 10.1. The summed E-state index contributed by atoms with van der Waals surface area (Å²) in [6.45, 7) is 2.23. The number of ether oxygens (including phenoxy) is 2. The van der Waals surface area contributed by atoms with Crippen LogP contribution in [0.15, 0.2) is 113 Å². The maximum atomic E-state index is 13.5. The molecule has 0 saturated heterocycles. The van der Waals surface area contributed by atoms with Crippen molar-refractivity contribution in [2.45, 2.75) is 13.5 Å². The normalized spacial score (nSPS) is 11.0. The average molecular weight is 612 g/mol. The second kappa shape index (κ2) is 12.7. The summed E-state index contributed by atoms with van der Waals surface area (Å²) in [5, 5.41) is 4.13. The molecule has 206 valence electrons. The van der Waals surface area contributed by atoms with Crippen LogP contribution in [0.1, 0.15) is 27.2 Å². The maximum Gasteiger partial charge on any atom is 0.271 e. The summed E-state index contributed by atoms with van der Waals surface area (Å²) in [6, 6.07) is 31.4. The molecule has 0 bridgehead atoms. The largest absolute Gasteiger partial charge is 0.493 e. The molecular weight excluding hydrogens is 585 g/mol. The standard InChI is InChI=1S/C33H27BrFN3O3/c1-22-11-16-30(24-8-4-3-5-9-24)38(22)28-14-12-25(13-15-28)33(39)37-36-20-26-18-31(40-2)32(19-29(26)34)41-21-23-7-6-10-27(35)17-23/h3-20H,21H2,1-2H3,(H,37,39)/b36-20+. The van der Waals surface area contributed by atoms with Crippen molar-refractivity contribution >= 4 is 28.1 Å². The lowest BCUT2D eigenvalue weighted by atomic mass is 10.1. The van der Waals surface area contributed by atoms with E-state index in [0.29, 0.717) is 32.7 Å². The highest BCUT2D eigenvalue weighted by Gasteiger charge is 2.12. The molecule has 0 saturated carbocycles. The quantitative estimate of drug-likeness (QED) is 0.137. The van der Waals surface area contributed by atoms with E-state index in [-0.39, 0.29) is 18.3 Å². The van der Waals surface area contributed by atoms with Crippen LogP contribution in [-0.2, 0) is 6.61 Å². The van der Waals surface area contributed by atoms with Gasteiger partial charge in [0.1, 0.15) is 12.4 Å². The van der Waals surface area contributed by atoms with E-state index in [9.17, 15) is 9.18 Å². The van der Waals surface area contributed by atoms with Crippen LogP contribution >= 0.6 is 15.9 Å². The van der Waals surface area contributed by atoms with Gasteiger partial charge in [0.2, 0.25) is 0 Å². The fourth-order valence-corrected chi connectivity index (χ4v) is 4.84. The molecule has 1 aromatic heterocycles. The number of carbonyl (C=O) groups is 1. The topological polar surface area (TPSA) is 64.8 Å². The van der Waals surface area contributed by atoms with Gasteiger partial charge in [-0.2, -0.15) is 5.10 Å². The molecule has 1 N–H and O–H groups in total. The minimum absolute atomic E-state index is 0.181. The molecule has 0 aliphatic carbocycles. The molecule has 0 atom stereocenters. The van der Waals surface area contributed by atoms with Crippen LogP contribution in [0.3, 0.4) is 0 Å². The monoisotopic (exact) mass is 611 g/mol. The van der Waals surface area contributed by atoms with E-state index >= 15 is 0 Å². The van der Waals surface area contributed by atoms with Crippen molar-refractivity contribution in [1.29, 1.82) is 0 Å². The highest BCUT2D eigenvalue weighted by Crippen LogP contribution is 2.33. The molecule has 4 aromatic carbocycles. The first-order valence-electron chi connectivity index (χ1n) is 12.9. The first kappa shape index (κ1) is 27.9. The van der Waals surface area contributed by atoms with Crippen LogP contribution < -0.4 is 14.9 Å². The Morgan fingerprint density at radius 3 is 2.46 bits per heavy atom. The van der Waals surface area contributed by atoms with E-state index < -0.39 is 0 Å². The number of hydrogen-bond donors (Lipinski definition) is 1. The Hall–Kier alpha value is -4.69. The zero-order chi connectivity index (χ0) is 28.8. The van der Waals surface area contributed by atoms with E-state index in [1.54, 1.807) is 36.4 Å². The number of hydrogen-bond acceptors (Lipinski definition) is 4. The van der Waals surface area contributed by atoms with E-state index in [1.165, 1.54) is 25.5 Å². The summed E-state index contributed by atoms with van der Waals surface area (Å²) in [6.07, 6.45) is 1.52. The number of hydrazone groups is 1. The van der Waals surface area contributed by atoms with E-state index in [0.717, 1.165) is 22.6 Å². The number of carbonyl (C=O) groups excluding carboxylic acids is 1. The van der Waals surface area contributed by atoms with E-state index in [4.69, 9.17) is 9.47 Å². The molecular formula is C33H27BrFN3O3. The Labute approximate surface area is 246 Å². The summed E-state index contributed by atoms with van der Waals surface area (Å²) >= 11 is 3.51. The van der Waals surface area contributed by atoms with Crippen LogP contribution in [0.2, 0.25) is 0 Å². The van der Waals surface area contributed by atoms with Crippen LogP contribution in [0.5, 0.6) is 11.5 Å². The van der Waals surface area contributed by atoms with Gasteiger partial charge in [-0.1, -0.05) is 42.5 Å². The van der Waals surface area contributed by atoms with Crippen molar-refractivity contribution in [3.05, 3.63) is 136 Å². The summed E-state index contributed by atoms with van der Waals surface area (Å²) in [5.74, 6) is 0.303. The summed E-state index contributed by atoms with van der Waals surface area (Å²) in [7, 11) is 1.53. The smallest absolute Gasteiger partial charge is 0.271 e. The first-order valence-corrected chi connectivity index (χ1v) is 13.6. The maximum absolute atomic E-state index is 13.5. The molecule has 0 spiro atoms. The predicted molar refractivity (Wildman–Crippen MR) is 162 cm³/mol. The van der Waals surface area contributed by atoms with Gasteiger partial charge in [-0.15, -0.1) is 0 Å². The van der Waals surface area contributed by atoms with Crippen molar-refractivity contribution < 1.29 is 18.7 Å². The van der Waals surface area contributed by atoms with E-state index in [2.05, 4.69) is 62.2 Å². The Balaban J connectivity index is 1.25. The Morgan fingerprint density at radius 1 is 0.951 bits per heavy atom. The summed E-state index contributed by atoms with van der Waals surface area (Å²) < 4.78 is 27.6. The molecule has 0 aliphatic rings. The Kier molecular flexibility index (Phi) is 8.60. The minimum atomic E-state index is -0.335. The zero-order valence-corrected chi connectivity index (χ0v) is 24.1. The van der Waals surface area contributed by atoms with Gasteiger partial charge in [0.25, 0.3) is 5.91 Å². The van der Waals surface area contributed by atoms with Crippen LogP contribution in [0, 0.1) is 12.7 Å². The van der Waals surface area contributed by atoms with Crippen LogP contribution in [0.25, 0.3) is 16.9 Å². The highest BCUT2D eigenvalue weighted by molar-refractivity contribution is 9.10. The van der Waals surface area contributed by atoms with Gasteiger partial charge < -0.3 is 14.0 Å². The van der Waals surface area contributed by atoms with Gasteiger partial charge in [0, 0.05) is 27.0 Å². The molecule has 0 unspecified atom stereocenters. The number of rotatable bonds is 9. The number of nitrogens with one attached hydrogen (secondary N) is 1. The molecule has 41 heavy (non-hydrogen) atoms. The lowest BCUT2D eigenvalue weighted by Crippen LogP contribution is -2.17. The lowest BCUT2D eigenvalue weighted by Gasteiger charge is -2.13. The second-order valence-electron chi connectivity index (χ2n) is 9.25. The fraction of sp³-hybridized carbons (Fsp3) is 0.0909. The number of halogens is 2. The molecule has 1 heterocycles. The lowest BCUT2D eigenvalue weighted by molar-refractivity contribution is 0.0955. The fourth-order valence-electron chi connectivity index (χ4n) is 4.41. The van der Waals surface area contributed by atoms with Gasteiger partial charge in [-0.25, -0.2) is 9.82 Å². The minimum Gasteiger partial charge on any atom is -0.493 e. The summed E-state index contributed by atoms with van der Waals surface area (Å²) in [5.41, 5.74) is 8.68. The Bertz CT molecular complexity index is 1700. The molecule has 6 nitrogen and oxygen atoms in total. The van der Waals surface area contributed by atoms with Gasteiger partial charge in [-0.05, 0) is 94.6 Å². The number of nitrogens with zero attached hydrogens (tertiary/aromatic N) is 2. The molecule has 5 aromatic rings. The molecule has 0 aliphatic heterocycles. The SMILES string of the molecule is COc1cc(/C=N/NC(=O)c2ccc(-n3c(C)ccc3-c3ccccc3)cc2)c(Br)cc1OCc1cccc(F)c1. The summed E-state index contributed by atoms with van der Waals surface area (Å²) in [4.78, 5) is 12.8. The van der Waals surface area contributed by atoms with Gasteiger partial charge in [0.05, 0.1) is 19.0 Å². The molecule has 8 heteroatoms. The van der Waals surface area contributed by atoms with Crippen molar-refractivity contribution in [3.63, 3.8) is 0 Å².